The van der Waals surface area contributed by atoms with Gasteiger partial charge < -0.3 is 4.57 Å². The number of hydrogen-bond acceptors (Lipinski definition) is 1. The second kappa shape index (κ2) is 2.84. The zero-order valence-electron chi connectivity index (χ0n) is 9.20. The van der Waals surface area contributed by atoms with Gasteiger partial charge in [-0.15, -0.1) is 0 Å². The molecule has 2 nitrogen and oxygen atoms in total. The van der Waals surface area contributed by atoms with Crippen LogP contribution in [0.15, 0.2) is 24.5 Å². The van der Waals surface area contributed by atoms with E-state index in [-0.39, 0.29) is 5.54 Å². The largest absolute Gasteiger partial charge is 0.325 e. The molecule has 0 bridgehead atoms. The van der Waals surface area contributed by atoms with Crippen molar-refractivity contribution in [2.24, 2.45) is 0 Å². The lowest BCUT2D eigenvalue weighted by molar-refractivity contribution is 0.408. The van der Waals surface area contributed by atoms with E-state index in [9.17, 15) is 0 Å². The van der Waals surface area contributed by atoms with E-state index in [4.69, 9.17) is 0 Å². The van der Waals surface area contributed by atoms with Crippen molar-refractivity contribution in [3.8, 4) is 0 Å². The first-order valence-corrected chi connectivity index (χ1v) is 4.93. The fourth-order valence-electron chi connectivity index (χ4n) is 1.75. The molecular formula is C12H16N2. The molecule has 2 rings (SSSR count). The van der Waals surface area contributed by atoms with E-state index in [1.54, 1.807) is 0 Å². The number of aromatic nitrogens is 2. The van der Waals surface area contributed by atoms with Crippen LogP contribution >= 0.6 is 0 Å². The molecule has 0 aliphatic carbocycles. The van der Waals surface area contributed by atoms with Gasteiger partial charge in [0.1, 0.15) is 0 Å². The summed E-state index contributed by atoms with van der Waals surface area (Å²) in [5.74, 6) is 0. The average Bonchev–Trinajstić information content (AvgIpc) is 2.47. The van der Waals surface area contributed by atoms with E-state index >= 15 is 0 Å². The summed E-state index contributed by atoms with van der Waals surface area (Å²) in [7, 11) is 0. The Kier molecular flexibility index (Phi) is 1.88. The highest BCUT2D eigenvalue weighted by Crippen LogP contribution is 2.24. The van der Waals surface area contributed by atoms with Crippen LogP contribution in [0.1, 0.15) is 26.3 Å². The summed E-state index contributed by atoms with van der Waals surface area (Å²) in [4.78, 5) is 4.41. The first-order valence-electron chi connectivity index (χ1n) is 4.93. The van der Waals surface area contributed by atoms with Crippen molar-refractivity contribution in [1.29, 1.82) is 0 Å². The van der Waals surface area contributed by atoms with E-state index in [0.717, 1.165) is 5.52 Å². The van der Waals surface area contributed by atoms with E-state index < -0.39 is 0 Å². The van der Waals surface area contributed by atoms with Crippen LogP contribution in [0.25, 0.3) is 11.0 Å². The molecule has 2 heteroatoms. The molecule has 14 heavy (non-hydrogen) atoms. The number of imidazole rings is 1. The summed E-state index contributed by atoms with van der Waals surface area (Å²) < 4.78 is 2.23. The Morgan fingerprint density at radius 1 is 1.21 bits per heavy atom. The summed E-state index contributed by atoms with van der Waals surface area (Å²) in [6.07, 6.45) is 1.93. The van der Waals surface area contributed by atoms with E-state index in [0.29, 0.717) is 0 Å². The molecule has 1 heterocycles. The highest BCUT2D eigenvalue weighted by atomic mass is 15.1. The first-order chi connectivity index (χ1) is 6.50. The predicted molar refractivity (Wildman–Crippen MR) is 59.5 cm³/mol. The van der Waals surface area contributed by atoms with Gasteiger partial charge in [-0.2, -0.15) is 0 Å². The Bertz CT molecular complexity index is 461. The third kappa shape index (κ3) is 1.31. The molecule has 0 radical (unpaired) electrons. The predicted octanol–water partition coefficient (Wildman–Crippen LogP) is 3.10. The van der Waals surface area contributed by atoms with Gasteiger partial charge in [-0.05, 0) is 39.3 Å². The van der Waals surface area contributed by atoms with Crippen LogP contribution < -0.4 is 0 Å². The molecule has 0 amide bonds. The van der Waals surface area contributed by atoms with Crippen LogP contribution in [-0.4, -0.2) is 9.55 Å². The minimum absolute atomic E-state index is 0.0981. The maximum Gasteiger partial charge on any atom is 0.0963 e. The Balaban J connectivity index is 2.80. The quantitative estimate of drug-likeness (QED) is 0.621. The van der Waals surface area contributed by atoms with Crippen molar-refractivity contribution in [2.75, 3.05) is 0 Å². The van der Waals surface area contributed by atoms with E-state index in [1.807, 2.05) is 6.33 Å². The molecular weight excluding hydrogens is 172 g/mol. The number of benzene rings is 1. The Morgan fingerprint density at radius 3 is 2.57 bits per heavy atom. The third-order valence-corrected chi connectivity index (χ3v) is 2.49. The van der Waals surface area contributed by atoms with Crippen LogP contribution in [0.3, 0.4) is 0 Å². The van der Waals surface area contributed by atoms with Gasteiger partial charge in [0.05, 0.1) is 17.4 Å². The second-order valence-corrected chi connectivity index (χ2v) is 4.73. The summed E-state index contributed by atoms with van der Waals surface area (Å²) in [6, 6.07) is 6.24. The molecule has 0 unspecified atom stereocenters. The molecule has 0 saturated carbocycles. The molecule has 74 valence electrons. The minimum Gasteiger partial charge on any atom is -0.325 e. The van der Waals surface area contributed by atoms with Crippen LogP contribution in [0.2, 0.25) is 0 Å². The maximum atomic E-state index is 4.41. The average molecular weight is 188 g/mol. The molecule has 0 aliphatic rings. The number of para-hydroxylation sites is 1. The molecule has 0 atom stereocenters. The van der Waals surface area contributed by atoms with E-state index in [2.05, 4.69) is 55.4 Å². The molecule has 0 fully saturated rings. The summed E-state index contributed by atoms with van der Waals surface area (Å²) in [6.45, 7) is 8.72. The fraction of sp³-hybridized carbons (Fsp3) is 0.417. The van der Waals surface area contributed by atoms with Gasteiger partial charge in [-0.3, -0.25) is 0 Å². The number of hydrogen-bond donors (Lipinski definition) is 0. The molecule has 0 N–H and O–H groups in total. The van der Waals surface area contributed by atoms with Gasteiger partial charge in [0, 0.05) is 5.54 Å². The van der Waals surface area contributed by atoms with Crippen LogP contribution in [0, 0.1) is 6.92 Å². The standard InChI is InChI=1S/C12H16N2/c1-9-6-5-7-10-11(9)14(8-13-10)12(2,3)4/h5-8H,1-4H3. The van der Waals surface area contributed by atoms with Gasteiger partial charge >= 0.3 is 0 Å². The highest BCUT2D eigenvalue weighted by molar-refractivity contribution is 5.79. The number of nitrogens with zero attached hydrogens (tertiary/aromatic N) is 2. The highest BCUT2D eigenvalue weighted by Gasteiger charge is 2.16. The second-order valence-electron chi connectivity index (χ2n) is 4.73. The lowest BCUT2D eigenvalue weighted by Crippen LogP contribution is -2.20. The van der Waals surface area contributed by atoms with Crippen LogP contribution in [-0.2, 0) is 5.54 Å². The maximum absolute atomic E-state index is 4.41. The number of aryl methyl sites for hydroxylation is 1. The molecule has 0 saturated heterocycles. The fourth-order valence-corrected chi connectivity index (χ4v) is 1.75. The van der Waals surface area contributed by atoms with Crippen molar-refractivity contribution in [3.63, 3.8) is 0 Å². The van der Waals surface area contributed by atoms with Crippen molar-refractivity contribution >= 4 is 11.0 Å². The van der Waals surface area contributed by atoms with Gasteiger partial charge in [-0.25, -0.2) is 4.98 Å². The zero-order valence-corrected chi connectivity index (χ0v) is 9.20. The smallest absolute Gasteiger partial charge is 0.0963 e. The van der Waals surface area contributed by atoms with Crippen molar-refractivity contribution in [3.05, 3.63) is 30.1 Å². The van der Waals surface area contributed by atoms with Crippen LogP contribution in [0.4, 0.5) is 0 Å². The van der Waals surface area contributed by atoms with Gasteiger partial charge in [0.25, 0.3) is 0 Å². The first kappa shape index (κ1) is 9.25. The van der Waals surface area contributed by atoms with Crippen LogP contribution in [0.5, 0.6) is 0 Å². The van der Waals surface area contributed by atoms with E-state index in [1.165, 1.54) is 11.1 Å². The lowest BCUT2D eigenvalue weighted by atomic mass is 10.1. The Hall–Kier alpha value is -1.31. The Labute approximate surface area is 84.6 Å². The van der Waals surface area contributed by atoms with Crippen molar-refractivity contribution in [1.82, 2.24) is 9.55 Å². The minimum atomic E-state index is 0.0981. The van der Waals surface area contributed by atoms with Gasteiger partial charge in [-0.1, -0.05) is 12.1 Å². The molecule has 1 aromatic carbocycles. The zero-order chi connectivity index (χ0) is 10.3. The summed E-state index contributed by atoms with van der Waals surface area (Å²) in [5, 5.41) is 0. The Morgan fingerprint density at radius 2 is 1.93 bits per heavy atom. The van der Waals surface area contributed by atoms with Gasteiger partial charge in [0.15, 0.2) is 0 Å². The van der Waals surface area contributed by atoms with Gasteiger partial charge in [0.2, 0.25) is 0 Å². The monoisotopic (exact) mass is 188 g/mol. The molecule has 1 aromatic heterocycles. The number of fused-ring (bicyclic) bond motifs is 1. The van der Waals surface area contributed by atoms with Crippen molar-refractivity contribution < 1.29 is 0 Å². The third-order valence-electron chi connectivity index (χ3n) is 2.49. The molecule has 0 aliphatic heterocycles. The summed E-state index contributed by atoms with van der Waals surface area (Å²) in [5.41, 5.74) is 3.72. The topological polar surface area (TPSA) is 17.8 Å². The molecule has 0 spiro atoms. The van der Waals surface area contributed by atoms with Crippen molar-refractivity contribution in [2.45, 2.75) is 33.2 Å². The normalized spacial score (nSPS) is 12.3. The number of rotatable bonds is 0. The summed E-state index contributed by atoms with van der Waals surface area (Å²) >= 11 is 0. The SMILES string of the molecule is Cc1cccc2ncn(C(C)(C)C)c12. The lowest BCUT2D eigenvalue weighted by Gasteiger charge is -2.22. The molecule has 2 aromatic rings.